The molecule has 7 nitrogen and oxygen atoms in total. The van der Waals surface area contributed by atoms with Crippen molar-refractivity contribution >= 4 is 0 Å². The molecule has 0 spiro atoms. The lowest BCUT2D eigenvalue weighted by Gasteiger charge is -2.34. The van der Waals surface area contributed by atoms with Crippen molar-refractivity contribution in [1.29, 1.82) is 0 Å². The van der Waals surface area contributed by atoms with Crippen LogP contribution in [0.25, 0.3) is 0 Å². The molecular formula is C46H84N6O. The van der Waals surface area contributed by atoms with Gasteiger partial charge in [-0.2, -0.15) is 0 Å². The molecule has 2 unspecified atom stereocenters. The molecule has 0 saturated heterocycles. The zero-order valence-corrected chi connectivity index (χ0v) is 37.3. The lowest BCUT2D eigenvalue weighted by atomic mass is 9.88. The summed E-state index contributed by atoms with van der Waals surface area (Å²) in [5.41, 5.74) is 11.4. The number of nitrogens with zero attached hydrogens (tertiary/aromatic N) is 6. The first-order chi connectivity index (χ1) is 25.1. The Morgan fingerprint density at radius 3 is 0.887 bits per heavy atom. The van der Waals surface area contributed by atoms with Gasteiger partial charge < -0.3 is 34.1 Å². The summed E-state index contributed by atoms with van der Waals surface area (Å²) in [5, 5.41) is 0. The smallest absolute Gasteiger partial charge is 0.0839 e. The molecular weight excluding hydrogens is 653 g/mol. The van der Waals surface area contributed by atoms with Crippen molar-refractivity contribution in [2.24, 2.45) is 0 Å². The molecule has 2 aromatic rings. The van der Waals surface area contributed by atoms with Crippen LogP contribution in [0.4, 0.5) is 0 Å². The van der Waals surface area contributed by atoms with Gasteiger partial charge >= 0.3 is 0 Å². The zero-order valence-electron chi connectivity index (χ0n) is 37.3. The maximum absolute atomic E-state index is 7.87. The first kappa shape index (κ1) is 47.3. The fourth-order valence-electron chi connectivity index (χ4n) is 7.95. The number of unbranched alkanes of at least 4 members (excludes halogenated alkanes) is 8. The average Bonchev–Trinajstić information content (AvgIpc) is 3.02. The van der Waals surface area contributed by atoms with E-state index in [0.717, 1.165) is 52.1 Å². The van der Waals surface area contributed by atoms with E-state index in [0.29, 0.717) is 0 Å². The quantitative estimate of drug-likeness (QED) is 0.0804. The third-order valence-electron chi connectivity index (χ3n) is 9.88. The molecule has 0 aromatic heterocycles. The molecule has 0 aliphatic rings. The molecule has 0 aliphatic carbocycles. The topological polar surface area (TPSA) is 28.7 Å². The van der Waals surface area contributed by atoms with Crippen LogP contribution in [0.15, 0.2) is 24.3 Å². The first-order valence-electron chi connectivity index (χ1n) is 21.0. The van der Waals surface area contributed by atoms with Gasteiger partial charge in [0.15, 0.2) is 0 Å². The normalized spacial score (nSPS) is 13.5. The fourth-order valence-corrected chi connectivity index (χ4v) is 7.95. The standard InChI is InChI=1S/C46H84N6O/c1-15-17-19-21-23-25-43(45-39(33-49(7)8)27-37(31-47(3)4)28-40(45)34-50(9)10)53-44(26-24-22-20-18-16-2)46-41(35-51(11)12)29-38(32-48(5)6)30-42(46)36-52(13)14/h27-30,43-44H,15-26,31-36H2,1-14H3. The summed E-state index contributed by atoms with van der Waals surface area (Å²) in [4.78, 5) is 14.0. The maximum Gasteiger partial charge on any atom is 0.0839 e. The summed E-state index contributed by atoms with van der Waals surface area (Å²) in [6.45, 7) is 10.1. The summed E-state index contributed by atoms with van der Waals surface area (Å²) < 4.78 is 7.87. The highest BCUT2D eigenvalue weighted by atomic mass is 16.5. The van der Waals surface area contributed by atoms with Gasteiger partial charge in [-0.05, 0) is 142 Å². The Morgan fingerprint density at radius 1 is 0.377 bits per heavy atom. The Labute approximate surface area is 329 Å². The van der Waals surface area contributed by atoms with Gasteiger partial charge in [0.05, 0.1) is 12.2 Å². The molecule has 304 valence electrons. The van der Waals surface area contributed by atoms with Crippen LogP contribution in [0.3, 0.4) is 0 Å². The highest BCUT2D eigenvalue weighted by Gasteiger charge is 2.29. The molecule has 0 heterocycles. The van der Waals surface area contributed by atoms with Crippen LogP contribution in [0.2, 0.25) is 0 Å². The van der Waals surface area contributed by atoms with Gasteiger partial charge in [0.25, 0.3) is 0 Å². The minimum absolute atomic E-state index is 0.0245. The van der Waals surface area contributed by atoms with E-state index in [1.165, 1.54) is 109 Å². The van der Waals surface area contributed by atoms with Crippen LogP contribution < -0.4 is 0 Å². The van der Waals surface area contributed by atoms with Crippen LogP contribution in [0.1, 0.15) is 148 Å². The van der Waals surface area contributed by atoms with Crippen molar-refractivity contribution < 1.29 is 4.74 Å². The number of benzene rings is 2. The van der Waals surface area contributed by atoms with Gasteiger partial charge in [-0.25, -0.2) is 0 Å². The Bertz CT molecular complexity index is 1130. The zero-order chi connectivity index (χ0) is 39.5. The Morgan fingerprint density at radius 2 is 0.642 bits per heavy atom. The van der Waals surface area contributed by atoms with E-state index in [2.05, 4.69) is 152 Å². The number of hydrogen-bond donors (Lipinski definition) is 0. The SMILES string of the molecule is CCCCCCCC(OC(CCCCCCC)c1c(CN(C)C)cc(CN(C)C)cc1CN(C)C)c1c(CN(C)C)cc(CN(C)C)cc1CN(C)C. The third-order valence-corrected chi connectivity index (χ3v) is 9.88. The van der Waals surface area contributed by atoms with Gasteiger partial charge in [0.1, 0.15) is 0 Å². The van der Waals surface area contributed by atoms with Crippen molar-refractivity contribution in [3.05, 3.63) is 68.8 Å². The predicted octanol–water partition coefficient (Wildman–Crippen LogP) is 9.58. The number of ether oxygens (including phenoxy) is 1. The third kappa shape index (κ3) is 18.1. The molecule has 0 fully saturated rings. The minimum Gasteiger partial charge on any atom is -0.366 e. The molecule has 7 heteroatoms. The molecule has 0 aliphatic heterocycles. The van der Waals surface area contributed by atoms with E-state index >= 15 is 0 Å². The highest BCUT2D eigenvalue weighted by Crippen LogP contribution is 2.41. The summed E-state index contributed by atoms with van der Waals surface area (Å²) in [7, 11) is 26.4. The van der Waals surface area contributed by atoms with Gasteiger partial charge in [0.2, 0.25) is 0 Å². The van der Waals surface area contributed by atoms with Crippen LogP contribution in [0, 0.1) is 0 Å². The summed E-state index contributed by atoms with van der Waals surface area (Å²) in [6, 6.07) is 9.97. The lowest BCUT2D eigenvalue weighted by molar-refractivity contribution is -0.0288. The van der Waals surface area contributed by atoms with Crippen LogP contribution >= 0.6 is 0 Å². The van der Waals surface area contributed by atoms with E-state index in [1.807, 2.05) is 0 Å². The molecule has 0 amide bonds. The van der Waals surface area contributed by atoms with E-state index in [-0.39, 0.29) is 12.2 Å². The lowest BCUT2D eigenvalue weighted by Crippen LogP contribution is -2.24. The highest BCUT2D eigenvalue weighted by molar-refractivity contribution is 5.43. The van der Waals surface area contributed by atoms with Gasteiger partial charge in [-0.3, -0.25) is 0 Å². The molecule has 2 atom stereocenters. The van der Waals surface area contributed by atoms with E-state index in [9.17, 15) is 0 Å². The summed E-state index contributed by atoms with van der Waals surface area (Å²) in [5.74, 6) is 0. The second-order valence-electron chi connectivity index (χ2n) is 17.6. The monoisotopic (exact) mass is 737 g/mol. The molecule has 0 N–H and O–H groups in total. The van der Waals surface area contributed by atoms with Gasteiger partial charge in [0, 0.05) is 39.3 Å². The van der Waals surface area contributed by atoms with Crippen molar-refractivity contribution in [3.63, 3.8) is 0 Å². The second kappa shape index (κ2) is 25.3. The largest absolute Gasteiger partial charge is 0.366 e. The average molecular weight is 737 g/mol. The molecule has 0 radical (unpaired) electrons. The number of rotatable bonds is 28. The Hall–Kier alpha value is -1.84. The van der Waals surface area contributed by atoms with Crippen molar-refractivity contribution in [1.82, 2.24) is 29.4 Å². The minimum atomic E-state index is 0.0245. The molecule has 53 heavy (non-hydrogen) atoms. The van der Waals surface area contributed by atoms with E-state index in [4.69, 9.17) is 4.74 Å². The van der Waals surface area contributed by atoms with Crippen molar-refractivity contribution in [3.8, 4) is 0 Å². The van der Waals surface area contributed by atoms with Crippen molar-refractivity contribution in [2.75, 3.05) is 84.6 Å². The number of hydrogen-bond acceptors (Lipinski definition) is 7. The maximum atomic E-state index is 7.87. The second-order valence-corrected chi connectivity index (χ2v) is 17.6. The summed E-state index contributed by atoms with van der Waals surface area (Å²) in [6.07, 6.45) is 14.8. The molecule has 2 aromatic carbocycles. The Kier molecular flexibility index (Phi) is 22.6. The van der Waals surface area contributed by atoms with Crippen molar-refractivity contribution in [2.45, 2.75) is 142 Å². The molecule has 0 bridgehead atoms. The van der Waals surface area contributed by atoms with E-state index in [1.54, 1.807) is 0 Å². The van der Waals surface area contributed by atoms with Gasteiger partial charge in [-0.15, -0.1) is 0 Å². The van der Waals surface area contributed by atoms with Gasteiger partial charge in [-0.1, -0.05) is 102 Å². The van der Waals surface area contributed by atoms with Crippen LogP contribution in [-0.2, 0) is 44.0 Å². The van der Waals surface area contributed by atoms with Crippen LogP contribution in [0.5, 0.6) is 0 Å². The Balaban J connectivity index is 2.92. The molecule has 2 rings (SSSR count). The van der Waals surface area contributed by atoms with Crippen LogP contribution in [-0.4, -0.2) is 114 Å². The van der Waals surface area contributed by atoms with E-state index < -0.39 is 0 Å². The first-order valence-corrected chi connectivity index (χ1v) is 21.0. The fraction of sp³-hybridized carbons (Fsp3) is 0.739. The summed E-state index contributed by atoms with van der Waals surface area (Å²) >= 11 is 0. The predicted molar refractivity (Wildman–Crippen MR) is 231 cm³/mol. The molecule has 0 saturated carbocycles.